The number of Topliss-reactive ketones (excluding diaryl/α,β-unsaturated/α-hetero) is 1. The van der Waals surface area contributed by atoms with E-state index in [1.54, 1.807) is 11.3 Å². The van der Waals surface area contributed by atoms with Gasteiger partial charge < -0.3 is 0 Å². The SMILES string of the molecule is CCc1ccc(CC(=O)C(C)(C)C)s1. The Morgan fingerprint density at radius 1 is 1.29 bits per heavy atom. The lowest BCUT2D eigenvalue weighted by Crippen LogP contribution is -2.21. The average molecular weight is 210 g/mol. The van der Waals surface area contributed by atoms with Gasteiger partial charge in [-0.25, -0.2) is 0 Å². The van der Waals surface area contributed by atoms with Crippen LogP contribution in [0.5, 0.6) is 0 Å². The van der Waals surface area contributed by atoms with Crippen LogP contribution in [0.1, 0.15) is 37.4 Å². The monoisotopic (exact) mass is 210 g/mol. The molecule has 1 rings (SSSR count). The second-order valence-corrected chi connectivity index (χ2v) is 5.82. The van der Waals surface area contributed by atoms with E-state index in [0.717, 1.165) is 6.42 Å². The summed E-state index contributed by atoms with van der Waals surface area (Å²) in [5, 5.41) is 0. The van der Waals surface area contributed by atoms with Gasteiger partial charge in [-0.1, -0.05) is 27.7 Å². The third-order valence-electron chi connectivity index (χ3n) is 2.24. The van der Waals surface area contributed by atoms with Crippen LogP contribution in [-0.4, -0.2) is 5.78 Å². The Bertz CT molecular complexity index is 317. The van der Waals surface area contributed by atoms with Gasteiger partial charge in [-0.15, -0.1) is 11.3 Å². The Hall–Kier alpha value is -0.630. The van der Waals surface area contributed by atoms with Crippen LogP contribution in [-0.2, 0) is 17.6 Å². The lowest BCUT2D eigenvalue weighted by molar-refractivity contribution is -0.125. The van der Waals surface area contributed by atoms with E-state index in [1.165, 1.54) is 9.75 Å². The van der Waals surface area contributed by atoms with E-state index in [-0.39, 0.29) is 5.41 Å². The van der Waals surface area contributed by atoms with Gasteiger partial charge in [-0.3, -0.25) is 4.79 Å². The van der Waals surface area contributed by atoms with Crippen molar-refractivity contribution in [2.45, 2.75) is 40.5 Å². The molecule has 0 fully saturated rings. The van der Waals surface area contributed by atoms with E-state index in [1.807, 2.05) is 20.8 Å². The highest BCUT2D eigenvalue weighted by molar-refractivity contribution is 7.12. The van der Waals surface area contributed by atoms with E-state index in [2.05, 4.69) is 19.1 Å². The molecule has 0 N–H and O–H groups in total. The van der Waals surface area contributed by atoms with Crippen LogP contribution < -0.4 is 0 Å². The Morgan fingerprint density at radius 2 is 1.86 bits per heavy atom. The fourth-order valence-electron chi connectivity index (χ4n) is 1.13. The van der Waals surface area contributed by atoms with E-state index in [9.17, 15) is 4.79 Å². The van der Waals surface area contributed by atoms with Gasteiger partial charge in [0.25, 0.3) is 0 Å². The van der Waals surface area contributed by atoms with Crippen LogP contribution in [0.3, 0.4) is 0 Å². The first-order chi connectivity index (χ1) is 6.43. The highest BCUT2D eigenvalue weighted by Crippen LogP contribution is 2.22. The molecule has 14 heavy (non-hydrogen) atoms. The van der Waals surface area contributed by atoms with Crippen LogP contribution in [0.2, 0.25) is 0 Å². The Kier molecular flexibility index (Phi) is 3.48. The van der Waals surface area contributed by atoms with Crippen molar-refractivity contribution in [3.8, 4) is 0 Å². The standard InChI is InChI=1S/C12H18OS/c1-5-9-6-7-10(14-9)8-11(13)12(2,3)4/h6-7H,5,8H2,1-4H3. The molecule has 0 aliphatic heterocycles. The largest absolute Gasteiger partial charge is 0.299 e. The maximum atomic E-state index is 11.7. The molecular weight excluding hydrogens is 192 g/mol. The van der Waals surface area contributed by atoms with Crippen molar-refractivity contribution in [3.05, 3.63) is 21.9 Å². The summed E-state index contributed by atoms with van der Waals surface area (Å²) in [4.78, 5) is 14.3. The molecule has 2 heteroatoms. The Morgan fingerprint density at radius 3 is 2.29 bits per heavy atom. The molecular formula is C12H18OS. The molecule has 0 spiro atoms. The third-order valence-corrected chi connectivity index (χ3v) is 3.47. The first kappa shape index (κ1) is 11.4. The Labute approximate surface area is 90.2 Å². The zero-order chi connectivity index (χ0) is 10.8. The second kappa shape index (κ2) is 4.26. The number of carbonyl (C=O) groups excluding carboxylic acids is 1. The van der Waals surface area contributed by atoms with E-state index < -0.39 is 0 Å². The normalized spacial score (nSPS) is 11.7. The van der Waals surface area contributed by atoms with Gasteiger partial charge in [0.15, 0.2) is 0 Å². The predicted molar refractivity (Wildman–Crippen MR) is 61.9 cm³/mol. The summed E-state index contributed by atoms with van der Waals surface area (Å²) in [5.41, 5.74) is -0.212. The maximum Gasteiger partial charge on any atom is 0.143 e. The molecule has 0 unspecified atom stereocenters. The fourth-order valence-corrected chi connectivity index (χ4v) is 2.09. The summed E-state index contributed by atoms with van der Waals surface area (Å²) in [6.07, 6.45) is 1.66. The zero-order valence-electron chi connectivity index (χ0n) is 9.39. The molecule has 0 aliphatic rings. The van der Waals surface area contributed by atoms with Crippen LogP contribution >= 0.6 is 11.3 Å². The van der Waals surface area contributed by atoms with Crippen molar-refractivity contribution in [2.24, 2.45) is 5.41 Å². The molecule has 0 bridgehead atoms. The molecule has 78 valence electrons. The maximum absolute atomic E-state index is 11.7. The summed E-state index contributed by atoms with van der Waals surface area (Å²) in [6.45, 7) is 8.07. The van der Waals surface area contributed by atoms with Crippen molar-refractivity contribution in [1.82, 2.24) is 0 Å². The molecule has 1 aromatic rings. The first-order valence-electron chi connectivity index (χ1n) is 5.04. The topological polar surface area (TPSA) is 17.1 Å². The third kappa shape index (κ3) is 2.95. The lowest BCUT2D eigenvalue weighted by Gasteiger charge is -2.15. The highest BCUT2D eigenvalue weighted by atomic mass is 32.1. The van der Waals surface area contributed by atoms with Gasteiger partial charge in [0, 0.05) is 21.6 Å². The number of ketones is 1. The molecule has 0 atom stereocenters. The van der Waals surface area contributed by atoms with Crippen LogP contribution in [0.15, 0.2) is 12.1 Å². The van der Waals surface area contributed by atoms with Gasteiger partial charge in [0.2, 0.25) is 0 Å². The van der Waals surface area contributed by atoms with E-state index in [4.69, 9.17) is 0 Å². The zero-order valence-corrected chi connectivity index (χ0v) is 10.2. The summed E-state index contributed by atoms with van der Waals surface area (Å²) < 4.78 is 0. The molecule has 1 aromatic heterocycles. The number of carbonyl (C=O) groups is 1. The van der Waals surface area contributed by atoms with Crippen LogP contribution in [0.25, 0.3) is 0 Å². The van der Waals surface area contributed by atoms with E-state index in [0.29, 0.717) is 12.2 Å². The first-order valence-corrected chi connectivity index (χ1v) is 5.86. The molecule has 0 saturated heterocycles. The Balaban J connectivity index is 2.65. The van der Waals surface area contributed by atoms with Crippen molar-refractivity contribution in [1.29, 1.82) is 0 Å². The number of thiophene rings is 1. The minimum Gasteiger partial charge on any atom is -0.299 e. The predicted octanol–water partition coefficient (Wildman–Crippen LogP) is 3.47. The molecule has 1 nitrogen and oxygen atoms in total. The highest BCUT2D eigenvalue weighted by Gasteiger charge is 2.21. The number of hydrogen-bond acceptors (Lipinski definition) is 2. The van der Waals surface area contributed by atoms with Crippen molar-refractivity contribution in [3.63, 3.8) is 0 Å². The molecule has 0 aromatic carbocycles. The molecule has 1 heterocycles. The van der Waals surface area contributed by atoms with Crippen LogP contribution in [0.4, 0.5) is 0 Å². The molecule has 0 saturated carbocycles. The van der Waals surface area contributed by atoms with Gasteiger partial charge in [0.1, 0.15) is 5.78 Å². The van der Waals surface area contributed by atoms with Crippen molar-refractivity contribution >= 4 is 17.1 Å². The molecule has 0 radical (unpaired) electrons. The quantitative estimate of drug-likeness (QED) is 0.746. The number of rotatable bonds is 3. The lowest BCUT2D eigenvalue weighted by atomic mass is 9.89. The summed E-state index contributed by atoms with van der Waals surface area (Å²) in [5.74, 6) is 0.321. The summed E-state index contributed by atoms with van der Waals surface area (Å²) >= 11 is 1.76. The van der Waals surface area contributed by atoms with Crippen LogP contribution in [0, 0.1) is 5.41 Å². The minimum atomic E-state index is -0.212. The molecule has 0 amide bonds. The van der Waals surface area contributed by atoms with Gasteiger partial charge >= 0.3 is 0 Å². The van der Waals surface area contributed by atoms with Gasteiger partial charge in [0.05, 0.1) is 0 Å². The molecule has 0 aliphatic carbocycles. The fraction of sp³-hybridized carbons (Fsp3) is 0.583. The van der Waals surface area contributed by atoms with Crippen molar-refractivity contribution in [2.75, 3.05) is 0 Å². The van der Waals surface area contributed by atoms with Gasteiger partial charge in [-0.05, 0) is 18.6 Å². The van der Waals surface area contributed by atoms with E-state index >= 15 is 0 Å². The van der Waals surface area contributed by atoms with Gasteiger partial charge in [-0.2, -0.15) is 0 Å². The minimum absolute atomic E-state index is 0.212. The average Bonchev–Trinajstić information content (AvgIpc) is 2.50. The van der Waals surface area contributed by atoms with Crippen molar-refractivity contribution < 1.29 is 4.79 Å². The summed E-state index contributed by atoms with van der Waals surface area (Å²) in [7, 11) is 0. The number of hydrogen-bond donors (Lipinski definition) is 0. The number of aryl methyl sites for hydroxylation is 1. The smallest absolute Gasteiger partial charge is 0.143 e. The second-order valence-electron chi connectivity index (χ2n) is 4.57. The summed E-state index contributed by atoms with van der Waals surface area (Å²) in [6, 6.07) is 4.20.